The van der Waals surface area contributed by atoms with Crippen LogP contribution in [0.5, 0.6) is 0 Å². The van der Waals surface area contributed by atoms with E-state index >= 15 is 0 Å². The molecule has 1 aromatic rings. The summed E-state index contributed by atoms with van der Waals surface area (Å²) in [4.78, 5) is 24.2. The van der Waals surface area contributed by atoms with E-state index in [9.17, 15) is 9.59 Å². The average molecular weight is 253 g/mol. The Kier molecular flexibility index (Phi) is 3.33. The Hall–Kier alpha value is -1.55. The van der Waals surface area contributed by atoms with Crippen LogP contribution in [0.4, 0.5) is 5.69 Å². The highest BCUT2D eigenvalue weighted by molar-refractivity contribution is 6.33. The predicted molar refractivity (Wildman–Crippen MR) is 66.7 cm³/mol. The molecule has 1 aromatic carbocycles. The molecule has 1 heterocycles. The highest BCUT2D eigenvalue weighted by atomic mass is 35.5. The second-order valence-corrected chi connectivity index (χ2v) is 4.39. The van der Waals surface area contributed by atoms with E-state index in [4.69, 9.17) is 11.6 Å². The molecule has 1 unspecified atom stereocenters. The Morgan fingerprint density at radius 1 is 1.53 bits per heavy atom. The molecule has 0 spiro atoms. The topological polar surface area (TPSA) is 49.4 Å². The van der Waals surface area contributed by atoms with Gasteiger partial charge in [-0.1, -0.05) is 11.6 Å². The number of carbonyl (C=O) groups is 2. The number of anilines is 1. The summed E-state index contributed by atoms with van der Waals surface area (Å²) >= 11 is 5.97. The fraction of sp³-hybridized carbons (Fsp3) is 0.333. The van der Waals surface area contributed by atoms with Gasteiger partial charge in [-0.2, -0.15) is 0 Å². The van der Waals surface area contributed by atoms with Crippen LogP contribution in [-0.4, -0.2) is 31.3 Å². The summed E-state index contributed by atoms with van der Waals surface area (Å²) in [7, 11) is 0. The minimum absolute atomic E-state index is 0.00633. The molecule has 5 heteroatoms. The van der Waals surface area contributed by atoms with Gasteiger partial charge < -0.3 is 10.2 Å². The zero-order valence-electron chi connectivity index (χ0n) is 9.44. The van der Waals surface area contributed by atoms with E-state index < -0.39 is 0 Å². The lowest BCUT2D eigenvalue weighted by Crippen LogP contribution is -2.54. The van der Waals surface area contributed by atoms with Gasteiger partial charge in [-0.25, -0.2) is 0 Å². The van der Waals surface area contributed by atoms with Crippen molar-refractivity contribution in [2.75, 3.05) is 18.0 Å². The van der Waals surface area contributed by atoms with E-state index in [0.29, 0.717) is 17.1 Å². The summed E-state index contributed by atoms with van der Waals surface area (Å²) in [6, 6.07) is 4.98. The summed E-state index contributed by atoms with van der Waals surface area (Å²) in [6.07, 6.45) is 0.721. The van der Waals surface area contributed by atoms with Crippen molar-refractivity contribution in [3.05, 3.63) is 28.8 Å². The number of rotatable bonds is 2. The van der Waals surface area contributed by atoms with Crippen molar-refractivity contribution in [3.63, 3.8) is 0 Å². The van der Waals surface area contributed by atoms with Gasteiger partial charge in [-0.05, 0) is 25.1 Å². The van der Waals surface area contributed by atoms with Gasteiger partial charge in [0.15, 0.2) is 6.29 Å². The molecular formula is C12H13ClN2O2. The number of carbonyl (C=O) groups excluding carboxylic acids is 2. The normalized spacial score (nSPS) is 20.0. The van der Waals surface area contributed by atoms with Crippen LogP contribution in [0.15, 0.2) is 18.2 Å². The van der Waals surface area contributed by atoms with E-state index in [1.54, 1.807) is 12.1 Å². The van der Waals surface area contributed by atoms with Gasteiger partial charge in [0, 0.05) is 24.3 Å². The molecule has 1 fully saturated rings. The lowest BCUT2D eigenvalue weighted by molar-refractivity contribution is -0.122. The average Bonchev–Trinajstić information content (AvgIpc) is 2.32. The maximum absolute atomic E-state index is 11.5. The quantitative estimate of drug-likeness (QED) is 0.811. The Morgan fingerprint density at radius 2 is 2.29 bits per heavy atom. The number of amides is 1. The minimum Gasteiger partial charge on any atom is -0.358 e. The van der Waals surface area contributed by atoms with Gasteiger partial charge in [0.05, 0.1) is 5.02 Å². The second kappa shape index (κ2) is 4.75. The first-order chi connectivity index (χ1) is 8.13. The molecule has 17 heavy (non-hydrogen) atoms. The van der Waals surface area contributed by atoms with Crippen molar-refractivity contribution in [2.24, 2.45) is 0 Å². The zero-order chi connectivity index (χ0) is 12.4. The minimum atomic E-state index is -0.220. The van der Waals surface area contributed by atoms with Crippen LogP contribution >= 0.6 is 11.6 Å². The molecule has 1 aliphatic heterocycles. The van der Waals surface area contributed by atoms with E-state index in [1.807, 2.05) is 17.9 Å². The largest absolute Gasteiger partial charge is 0.358 e. The Balaban J connectivity index is 2.30. The number of hydrogen-bond donors (Lipinski definition) is 1. The van der Waals surface area contributed by atoms with Crippen LogP contribution in [0.2, 0.25) is 5.02 Å². The first kappa shape index (κ1) is 11.9. The van der Waals surface area contributed by atoms with Gasteiger partial charge in [0.25, 0.3) is 0 Å². The molecule has 0 radical (unpaired) electrons. The Labute approximate surface area is 105 Å². The van der Waals surface area contributed by atoms with Crippen LogP contribution in [-0.2, 0) is 4.79 Å². The molecule has 2 rings (SSSR count). The van der Waals surface area contributed by atoms with Crippen molar-refractivity contribution >= 4 is 29.5 Å². The number of hydrogen-bond acceptors (Lipinski definition) is 3. The summed E-state index contributed by atoms with van der Waals surface area (Å²) in [6.45, 7) is 3.20. The molecule has 1 amide bonds. The zero-order valence-corrected chi connectivity index (χ0v) is 10.2. The van der Waals surface area contributed by atoms with Crippen molar-refractivity contribution < 1.29 is 9.59 Å². The van der Waals surface area contributed by atoms with E-state index in [1.165, 1.54) is 0 Å². The summed E-state index contributed by atoms with van der Waals surface area (Å²) in [5.74, 6) is 0.00633. The van der Waals surface area contributed by atoms with Gasteiger partial charge in [-0.3, -0.25) is 9.59 Å². The molecule has 90 valence electrons. The number of benzene rings is 1. The second-order valence-electron chi connectivity index (χ2n) is 3.98. The Bertz CT molecular complexity index is 462. The van der Waals surface area contributed by atoms with Crippen LogP contribution in [0, 0.1) is 0 Å². The lowest BCUT2D eigenvalue weighted by Gasteiger charge is -2.34. The van der Waals surface area contributed by atoms with Gasteiger partial charge in [-0.15, -0.1) is 0 Å². The monoisotopic (exact) mass is 252 g/mol. The third-order valence-electron chi connectivity index (χ3n) is 2.94. The first-order valence-electron chi connectivity index (χ1n) is 5.42. The maximum atomic E-state index is 11.5. The molecule has 0 bridgehead atoms. The number of piperazine rings is 1. The van der Waals surface area contributed by atoms with Crippen LogP contribution in [0.3, 0.4) is 0 Å². The molecule has 1 aliphatic rings. The van der Waals surface area contributed by atoms with Crippen molar-refractivity contribution in [1.82, 2.24) is 5.32 Å². The smallest absolute Gasteiger partial charge is 0.242 e. The molecular weight excluding hydrogens is 240 g/mol. The van der Waals surface area contributed by atoms with E-state index in [2.05, 4.69) is 5.32 Å². The third-order valence-corrected chi connectivity index (χ3v) is 3.27. The third kappa shape index (κ3) is 2.26. The number of nitrogens with one attached hydrogen (secondary N) is 1. The van der Waals surface area contributed by atoms with Crippen LogP contribution < -0.4 is 10.2 Å². The van der Waals surface area contributed by atoms with Crippen LogP contribution in [0.25, 0.3) is 0 Å². The molecule has 4 nitrogen and oxygen atoms in total. The van der Waals surface area contributed by atoms with Gasteiger partial charge >= 0.3 is 0 Å². The fourth-order valence-corrected chi connectivity index (χ4v) is 2.14. The molecule has 1 atom stereocenters. The van der Waals surface area contributed by atoms with Crippen LogP contribution in [0.1, 0.15) is 17.3 Å². The van der Waals surface area contributed by atoms with E-state index in [0.717, 1.165) is 18.5 Å². The SMILES string of the molecule is CC1C(=O)NCCN1c1ccc(C=O)c(Cl)c1. The predicted octanol–water partition coefficient (Wildman–Crippen LogP) is 1.48. The number of halogens is 1. The van der Waals surface area contributed by atoms with Crippen molar-refractivity contribution in [1.29, 1.82) is 0 Å². The van der Waals surface area contributed by atoms with Crippen molar-refractivity contribution in [3.8, 4) is 0 Å². The standard InChI is InChI=1S/C12H13ClN2O2/c1-8-12(17)14-4-5-15(8)10-3-2-9(7-16)11(13)6-10/h2-3,6-8H,4-5H2,1H3,(H,14,17). The highest BCUT2D eigenvalue weighted by Crippen LogP contribution is 2.24. The fourth-order valence-electron chi connectivity index (χ4n) is 1.93. The molecule has 1 saturated heterocycles. The molecule has 0 aromatic heterocycles. The molecule has 0 saturated carbocycles. The maximum Gasteiger partial charge on any atom is 0.242 e. The molecule has 0 aliphatic carbocycles. The summed E-state index contributed by atoms with van der Waals surface area (Å²) < 4.78 is 0. The number of aldehydes is 1. The first-order valence-corrected chi connectivity index (χ1v) is 5.80. The van der Waals surface area contributed by atoms with Gasteiger partial charge in [0.2, 0.25) is 5.91 Å². The summed E-state index contributed by atoms with van der Waals surface area (Å²) in [5.41, 5.74) is 1.33. The molecule has 1 N–H and O–H groups in total. The van der Waals surface area contributed by atoms with Crippen molar-refractivity contribution in [2.45, 2.75) is 13.0 Å². The van der Waals surface area contributed by atoms with E-state index in [-0.39, 0.29) is 11.9 Å². The summed E-state index contributed by atoms with van der Waals surface area (Å²) in [5, 5.41) is 3.21. The Morgan fingerprint density at radius 3 is 2.94 bits per heavy atom. The lowest BCUT2D eigenvalue weighted by atomic mass is 10.1. The number of nitrogens with zero attached hydrogens (tertiary/aromatic N) is 1. The van der Waals surface area contributed by atoms with Gasteiger partial charge in [0.1, 0.15) is 6.04 Å². The highest BCUT2D eigenvalue weighted by Gasteiger charge is 2.25.